The van der Waals surface area contributed by atoms with E-state index in [0.717, 1.165) is 6.42 Å². The van der Waals surface area contributed by atoms with Crippen LogP contribution in [-0.2, 0) is 0 Å². The van der Waals surface area contributed by atoms with Crippen molar-refractivity contribution in [2.75, 3.05) is 0 Å². The van der Waals surface area contributed by atoms with Crippen LogP contribution >= 0.6 is 0 Å². The van der Waals surface area contributed by atoms with Gasteiger partial charge in [0.2, 0.25) is 0 Å². The van der Waals surface area contributed by atoms with Crippen LogP contribution in [0.15, 0.2) is 24.3 Å². The molecule has 0 heterocycles. The van der Waals surface area contributed by atoms with Crippen LogP contribution in [0, 0.1) is 12.3 Å². The minimum Gasteiger partial charge on any atom is -0.119 e. The summed E-state index contributed by atoms with van der Waals surface area (Å²) < 4.78 is 0. The third kappa shape index (κ3) is 2.39. The van der Waals surface area contributed by atoms with Gasteiger partial charge in [-0.05, 0) is 23.5 Å². The fourth-order valence-corrected chi connectivity index (χ4v) is 1.56. The quantitative estimate of drug-likeness (QED) is 0.627. The van der Waals surface area contributed by atoms with E-state index in [0.29, 0.717) is 5.92 Å². The summed E-state index contributed by atoms with van der Waals surface area (Å²) in [5.74, 6) is 3.68. The van der Waals surface area contributed by atoms with E-state index in [9.17, 15) is 0 Å². The van der Waals surface area contributed by atoms with Crippen molar-refractivity contribution in [3.8, 4) is 12.3 Å². The van der Waals surface area contributed by atoms with E-state index in [1.165, 1.54) is 11.1 Å². The molecular weight excluding hydrogens is 168 g/mol. The molecule has 0 fully saturated rings. The summed E-state index contributed by atoms with van der Waals surface area (Å²) in [5, 5.41) is 0. The highest BCUT2D eigenvalue weighted by Gasteiger charge is 2.05. The van der Waals surface area contributed by atoms with E-state index >= 15 is 0 Å². The minimum atomic E-state index is 0.274. The van der Waals surface area contributed by atoms with E-state index in [2.05, 4.69) is 51.0 Å². The van der Waals surface area contributed by atoms with Gasteiger partial charge in [0.1, 0.15) is 0 Å². The molecule has 0 aliphatic carbocycles. The molecule has 0 saturated heterocycles. The first-order valence-electron chi connectivity index (χ1n) is 5.25. The number of rotatable bonds is 3. The summed E-state index contributed by atoms with van der Waals surface area (Å²) >= 11 is 0. The smallest absolute Gasteiger partial charge is 0.0447 e. The predicted octanol–water partition coefficient (Wildman–Crippen LogP) is 3.94. The molecule has 74 valence electrons. The van der Waals surface area contributed by atoms with Crippen LogP contribution in [0.1, 0.15) is 50.2 Å². The van der Waals surface area contributed by atoms with E-state index < -0.39 is 0 Å². The van der Waals surface area contributed by atoms with E-state index in [-0.39, 0.29) is 5.92 Å². The zero-order valence-corrected chi connectivity index (χ0v) is 9.25. The van der Waals surface area contributed by atoms with E-state index in [1.807, 2.05) is 0 Å². The van der Waals surface area contributed by atoms with Crippen molar-refractivity contribution in [2.45, 2.75) is 39.0 Å². The van der Waals surface area contributed by atoms with Gasteiger partial charge in [-0.25, -0.2) is 0 Å². The SMILES string of the molecule is C#CC(CC)c1ccc(C(C)C)cc1. The third-order valence-electron chi connectivity index (χ3n) is 2.61. The first-order valence-corrected chi connectivity index (χ1v) is 5.25. The summed E-state index contributed by atoms with van der Waals surface area (Å²) in [4.78, 5) is 0. The standard InChI is InChI=1S/C14H18/c1-5-12(6-2)14-9-7-13(8-10-14)11(3)4/h1,7-12H,6H2,2-4H3. The Morgan fingerprint density at radius 2 is 1.64 bits per heavy atom. The van der Waals surface area contributed by atoms with Gasteiger partial charge in [0.15, 0.2) is 0 Å². The van der Waals surface area contributed by atoms with Crippen LogP contribution < -0.4 is 0 Å². The Bertz CT molecular complexity index is 311. The number of hydrogen-bond donors (Lipinski definition) is 0. The Balaban J connectivity index is 2.88. The summed E-state index contributed by atoms with van der Waals surface area (Å²) in [7, 11) is 0. The Morgan fingerprint density at radius 1 is 1.14 bits per heavy atom. The molecule has 0 aliphatic heterocycles. The average molecular weight is 186 g/mol. The lowest BCUT2D eigenvalue weighted by Crippen LogP contribution is -1.94. The molecule has 1 atom stereocenters. The summed E-state index contributed by atoms with van der Waals surface area (Å²) in [6, 6.07) is 8.67. The van der Waals surface area contributed by atoms with Crippen LogP contribution in [0.5, 0.6) is 0 Å². The van der Waals surface area contributed by atoms with Gasteiger partial charge in [0, 0.05) is 5.92 Å². The monoisotopic (exact) mass is 186 g/mol. The molecule has 1 rings (SSSR count). The third-order valence-corrected chi connectivity index (χ3v) is 2.61. The molecular formula is C14H18. The van der Waals surface area contributed by atoms with E-state index in [1.54, 1.807) is 0 Å². The van der Waals surface area contributed by atoms with Crippen molar-refractivity contribution in [1.82, 2.24) is 0 Å². The zero-order valence-electron chi connectivity index (χ0n) is 9.25. The molecule has 0 radical (unpaired) electrons. The van der Waals surface area contributed by atoms with Crippen molar-refractivity contribution in [3.63, 3.8) is 0 Å². The summed E-state index contributed by atoms with van der Waals surface area (Å²) in [5.41, 5.74) is 2.64. The molecule has 0 nitrogen and oxygen atoms in total. The molecule has 0 heteroatoms. The predicted molar refractivity (Wildman–Crippen MR) is 62.4 cm³/mol. The van der Waals surface area contributed by atoms with Gasteiger partial charge in [0.25, 0.3) is 0 Å². The van der Waals surface area contributed by atoms with Gasteiger partial charge >= 0.3 is 0 Å². The zero-order chi connectivity index (χ0) is 10.6. The Kier molecular flexibility index (Phi) is 3.77. The van der Waals surface area contributed by atoms with Crippen LogP contribution in [0.2, 0.25) is 0 Å². The Hall–Kier alpha value is -1.22. The van der Waals surface area contributed by atoms with Gasteiger partial charge in [-0.3, -0.25) is 0 Å². The lowest BCUT2D eigenvalue weighted by molar-refractivity contribution is 0.823. The van der Waals surface area contributed by atoms with Crippen LogP contribution in [0.4, 0.5) is 0 Å². The Labute approximate surface area is 87.4 Å². The molecule has 1 aromatic rings. The molecule has 0 aliphatic rings. The molecule has 0 N–H and O–H groups in total. The van der Waals surface area contributed by atoms with Crippen molar-refractivity contribution in [2.24, 2.45) is 0 Å². The van der Waals surface area contributed by atoms with E-state index in [4.69, 9.17) is 6.42 Å². The normalized spacial score (nSPS) is 12.5. The second-order valence-electron chi connectivity index (χ2n) is 3.95. The fraction of sp³-hybridized carbons (Fsp3) is 0.429. The summed E-state index contributed by atoms with van der Waals surface area (Å²) in [6.45, 7) is 6.53. The maximum Gasteiger partial charge on any atom is 0.0447 e. The molecule has 0 aromatic heterocycles. The molecule has 1 unspecified atom stereocenters. The minimum absolute atomic E-state index is 0.274. The van der Waals surface area contributed by atoms with Gasteiger partial charge in [-0.15, -0.1) is 6.42 Å². The molecule has 1 aromatic carbocycles. The van der Waals surface area contributed by atoms with Crippen molar-refractivity contribution in [3.05, 3.63) is 35.4 Å². The van der Waals surface area contributed by atoms with Gasteiger partial charge in [0.05, 0.1) is 0 Å². The van der Waals surface area contributed by atoms with Crippen molar-refractivity contribution in [1.29, 1.82) is 0 Å². The molecule has 14 heavy (non-hydrogen) atoms. The molecule has 0 spiro atoms. The van der Waals surface area contributed by atoms with Crippen LogP contribution in [0.25, 0.3) is 0 Å². The van der Waals surface area contributed by atoms with Gasteiger partial charge < -0.3 is 0 Å². The topological polar surface area (TPSA) is 0 Å². The second-order valence-corrected chi connectivity index (χ2v) is 3.95. The maximum atomic E-state index is 5.46. The van der Waals surface area contributed by atoms with Gasteiger partial charge in [-0.2, -0.15) is 0 Å². The second kappa shape index (κ2) is 4.86. The van der Waals surface area contributed by atoms with Gasteiger partial charge in [-0.1, -0.05) is 51.0 Å². The summed E-state index contributed by atoms with van der Waals surface area (Å²) in [6.07, 6.45) is 6.47. The molecule has 0 bridgehead atoms. The number of benzene rings is 1. The van der Waals surface area contributed by atoms with Crippen molar-refractivity contribution < 1.29 is 0 Å². The first kappa shape index (κ1) is 10.9. The fourth-order valence-electron chi connectivity index (χ4n) is 1.56. The number of terminal acetylenes is 1. The lowest BCUT2D eigenvalue weighted by Gasteiger charge is -2.10. The lowest BCUT2D eigenvalue weighted by atomic mass is 9.94. The van der Waals surface area contributed by atoms with Crippen molar-refractivity contribution >= 4 is 0 Å². The highest BCUT2D eigenvalue weighted by Crippen LogP contribution is 2.21. The highest BCUT2D eigenvalue weighted by molar-refractivity contribution is 5.30. The maximum absolute atomic E-state index is 5.46. The van der Waals surface area contributed by atoms with Crippen LogP contribution in [0.3, 0.4) is 0 Å². The largest absolute Gasteiger partial charge is 0.119 e. The average Bonchev–Trinajstić information content (AvgIpc) is 2.20. The molecule has 0 amide bonds. The number of hydrogen-bond acceptors (Lipinski definition) is 0. The highest BCUT2D eigenvalue weighted by atomic mass is 14.1. The molecule has 0 saturated carbocycles. The Morgan fingerprint density at radius 3 is 2.00 bits per heavy atom. The van der Waals surface area contributed by atoms with Crippen LogP contribution in [-0.4, -0.2) is 0 Å². The first-order chi connectivity index (χ1) is 6.69.